The topological polar surface area (TPSA) is 15.3 Å². The predicted molar refractivity (Wildman–Crippen MR) is 73.0 cm³/mol. The minimum absolute atomic E-state index is 0.172. The van der Waals surface area contributed by atoms with E-state index in [1.807, 2.05) is 0 Å². The van der Waals surface area contributed by atoms with Gasteiger partial charge in [0.25, 0.3) is 0 Å². The third-order valence-corrected chi connectivity index (χ3v) is 3.83. The zero-order valence-electron chi connectivity index (χ0n) is 10.0. The van der Waals surface area contributed by atoms with E-state index in [-0.39, 0.29) is 5.82 Å². The SMILES string of the molecule is CCNC1CCCN(c2cc(F)ccc2Br)C1. The van der Waals surface area contributed by atoms with E-state index in [0.29, 0.717) is 6.04 Å². The Morgan fingerprint density at radius 3 is 3.12 bits per heavy atom. The molecule has 1 unspecified atom stereocenters. The van der Waals surface area contributed by atoms with Crippen LogP contribution in [-0.2, 0) is 0 Å². The lowest BCUT2D eigenvalue weighted by Crippen LogP contribution is -2.45. The summed E-state index contributed by atoms with van der Waals surface area (Å²) in [6.07, 6.45) is 2.36. The van der Waals surface area contributed by atoms with Gasteiger partial charge in [0.1, 0.15) is 5.82 Å². The van der Waals surface area contributed by atoms with Gasteiger partial charge in [-0.05, 0) is 53.5 Å². The molecule has 94 valence electrons. The fourth-order valence-corrected chi connectivity index (χ4v) is 2.88. The van der Waals surface area contributed by atoms with Crippen LogP contribution in [0.3, 0.4) is 0 Å². The number of hydrogen-bond acceptors (Lipinski definition) is 2. The number of hydrogen-bond donors (Lipinski definition) is 1. The van der Waals surface area contributed by atoms with Crippen LogP contribution in [0.25, 0.3) is 0 Å². The van der Waals surface area contributed by atoms with E-state index < -0.39 is 0 Å². The van der Waals surface area contributed by atoms with Crippen molar-refractivity contribution in [3.8, 4) is 0 Å². The monoisotopic (exact) mass is 300 g/mol. The standard InChI is InChI=1S/C13H18BrFN2/c1-2-16-11-4-3-7-17(9-11)13-8-10(15)5-6-12(13)14/h5-6,8,11,16H,2-4,7,9H2,1H3. The molecule has 17 heavy (non-hydrogen) atoms. The molecule has 0 amide bonds. The summed E-state index contributed by atoms with van der Waals surface area (Å²) >= 11 is 3.50. The highest BCUT2D eigenvalue weighted by Gasteiger charge is 2.20. The maximum Gasteiger partial charge on any atom is 0.125 e. The predicted octanol–water partition coefficient (Wildman–Crippen LogP) is 3.17. The minimum Gasteiger partial charge on any atom is -0.369 e. The lowest BCUT2D eigenvalue weighted by molar-refractivity contribution is 0.431. The number of likely N-dealkylation sites (N-methyl/N-ethyl adjacent to an activating group) is 1. The minimum atomic E-state index is -0.172. The van der Waals surface area contributed by atoms with Crippen LogP contribution in [0.2, 0.25) is 0 Å². The molecule has 2 nitrogen and oxygen atoms in total. The van der Waals surface area contributed by atoms with Gasteiger partial charge in [0.05, 0.1) is 5.69 Å². The molecule has 1 aromatic carbocycles. The number of piperidine rings is 1. The molecule has 1 N–H and O–H groups in total. The number of halogens is 2. The number of rotatable bonds is 3. The first-order valence-corrected chi connectivity index (χ1v) is 6.93. The highest BCUT2D eigenvalue weighted by Crippen LogP contribution is 2.29. The van der Waals surface area contributed by atoms with E-state index in [1.165, 1.54) is 12.5 Å². The smallest absolute Gasteiger partial charge is 0.125 e. The largest absolute Gasteiger partial charge is 0.369 e. The Morgan fingerprint density at radius 1 is 1.53 bits per heavy atom. The van der Waals surface area contributed by atoms with Gasteiger partial charge in [-0.25, -0.2) is 4.39 Å². The quantitative estimate of drug-likeness (QED) is 0.922. The normalized spacial score (nSPS) is 20.6. The Balaban J connectivity index is 2.13. The second kappa shape index (κ2) is 5.83. The molecule has 2 rings (SSSR count). The molecule has 1 heterocycles. The van der Waals surface area contributed by atoms with Crippen molar-refractivity contribution in [3.63, 3.8) is 0 Å². The van der Waals surface area contributed by atoms with E-state index >= 15 is 0 Å². The zero-order valence-corrected chi connectivity index (χ0v) is 11.6. The molecule has 0 saturated carbocycles. The second-order valence-corrected chi connectivity index (χ2v) is 5.29. The third-order valence-electron chi connectivity index (χ3n) is 3.16. The number of nitrogens with zero attached hydrogens (tertiary/aromatic N) is 1. The summed E-state index contributed by atoms with van der Waals surface area (Å²) in [5, 5.41) is 3.47. The van der Waals surface area contributed by atoms with E-state index in [0.717, 1.165) is 36.2 Å². The van der Waals surface area contributed by atoms with Gasteiger partial charge in [-0.15, -0.1) is 0 Å². The average Bonchev–Trinajstić information content (AvgIpc) is 2.33. The van der Waals surface area contributed by atoms with Crippen molar-refractivity contribution >= 4 is 21.6 Å². The van der Waals surface area contributed by atoms with Crippen LogP contribution in [0.1, 0.15) is 19.8 Å². The summed E-state index contributed by atoms with van der Waals surface area (Å²) in [5.74, 6) is -0.172. The molecule has 1 atom stereocenters. The summed E-state index contributed by atoms with van der Waals surface area (Å²) in [6, 6.07) is 5.39. The van der Waals surface area contributed by atoms with Gasteiger partial charge in [-0.2, -0.15) is 0 Å². The summed E-state index contributed by atoms with van der Waals surface area (Å²) in [7, 11) is 0. The molecule has 1 aliphatic rings. The summed E-state index contributed by atoms with van der Waals surface area (Å²) < 4.78 is 14.3. The third kappa shape index (κ3) is 3.19. The van der Waals surface area contributed by atoms with Gasteiger partial charge in [-0.3, -0.25) is 0 Å². The highest BCUT2D eigenvalue weighted by molar-refractivity contribution is 9.10. The van der Waals surface area contributed by atoms with Crippen molar-refractivity contribution in [3.05, 3.63) is 28.5 Å². The Bertz CT molecular complexity index is 382. The van der Waals surface area contributed by atoms with Crippen LogP contribution in [0.4, 0.5) is 10.1 Å². The Kier molecular flexibility index (Phi) is 4.40. The fraction of sp³-hybridized carbons (Fsp3) is 0.538. The van der Waals surface area contributed by atoms with E-state index in [1.54, 1.807) is 12.1 Å². The van der Waals surface area contributed by atoms with Gasteiger partial charge in [-0.1, -0.05) is 6.92 Å². The van der Waals surface area contributed by atoms with E-state index in [2.05, 4.69) is 33.1 Å². The molecule has 0 radical (unpaired) electrons. The maximum absolute atomic E-state index is 13.3. The molecule has 1 aliphatic heterocycles. The van der Waals surface area contributed by atoms with Gasteiger partial charge < -0.3 is 10.2 Å². The highest BCUT2D eigenvalue weighted by atomic mass is 79.9. The number of nitrogens with one attached hydrogen (secondary N) is 1. The molecule has 0 aromatic heterocycles. The van der Waals surface area contributed by atoms with Crippen LogP contribution >= 0.6 is 15.9 Å². The lowest BCUT2D eigenvalue weighted by Gasteiger charge is -2.35. The van der Waals surface area contributed by atoms with Gasteiger partial charge >= 0.3 is 0 Å². The maximum atomic E-state index is 13.3. The molecule has 1 fully saturated rings. The molecule has 1 aromatic rings. The first kappa shape index (κ1) is 12.8. The van der Waals surface area contributed by atoms with Crippen molar-refractivity contribution in [2.45, 2.75) is 25.8 Å². The molecule has 4 heteroatoms. The molecular formula is C13H18BrFN2. The first-order valence-electron chi connectivity index (χ1n) is 6.14. The van der Waals surface area contributed by atoms with Crippen molar-refractivity contribution in [2.75, 3.05) is 24.5 Å². The van der Waals surface area contributed by atoms with Gasteiger partial charge in [0.2, 0.25) is 0 Å². The molecule has 0 bridgehead atoms. The Labute approximate surface area is 110 Å². The lowest BCUT2D eigenvalue weighted by atomic mass is 10.0. The van der Waals surface area contributed by atoms with Crippen LogP contribution < -0.4 is 10.2 Å². The molecular weight excluding hydrogens is 283 g/mol. The van der Waals surface area contributed by atoms with E-state index in [4.69, 9.17) is 0 Å². The van der Waals surface area contributed by atoms with Gasteiger partial charge in [0, 0.05) is 23.6 Å². The summed E-state index contributed by atoms with van der Waals surface area (Å²) in [4.78, 5) is 2.25. The van der Waals surface area contributed by atoms with Crippen molar-refractivity contribution in [2.24, 2.45) is 0 Å². The van der Waals surface area contributed by atoms with Crippen LogP contribution in [-0.4, -0.2) is 25.7 Å². The van der Waals surface area contributed by atoms with Gasteiger partial charge in [0.15, 0.2) is 0 Å². The first-order chi connectivity index (χ1) is 8.20. The molecule has 0 spiro atoms. The summed E-state index contributed by atoms with van der Waals surface area (Å²) in [6.45, 7) is 5.07. The van der Waals surface area contributed by atoms with Crippen LogP contribution in [0.15, 0.2) is 22.7 Å². The second-order valence-electron chi connectivity index (χ2n) is 4.44. The van der Waals surface area contributed by atoms with Crippen LogP contribution in [0.5, 0.6) is 0 Å². The number of benzene rings is 1. The van der Waals surface area contributed by atoms with Crippen molar-refractivity contribution in [1.82, 2.24) is 5.32 Å². The van der Waals surface area contributed by atoms with E-state index in [9.17, 15) is 4.39 Å². The fourth-order valence-electron chi connectivity index (χ4n) is 2.38. The van der Waals surface area contributed by atoms with Crippen molar-refractivity contribution in [1.29, 1.82) is 0 Å². The molecule has 1 saturated heterocycles. The Morgan fingerprint density at radius 2 is 2.35 bits per heavy atom. The summed E-state index contributed by atoms with van der Waals surface area (Å²) in [5.41, 5.74) is 0.965. The Hall–Kier alpha value is -0.610. The molecule has 0 aliphatic carbocycles. The van der Waals surface area contributed by atoms with Crippen LogP contribution in [0, 0.1) is 5.82 Å². The zero-order chi connectivity index (χ0) is 12.3. The average molecular weight is 301 g/mol. The number of anilines is 1. The van der Waals surface area contributed by atoms with Crippen molar-refractivity contribution < 1.29 is 4.39 Å².